The van der Waals surface area contributed by atoms with Crippen LogP contribution in [0.4, 0.5) is 5.69 Å². The van der Waals surface area contributed by atoms with Gasteiger partial charge in [0.2, 0.25) is 0 Å². The van der Waals surface area contributed by atoms with Crippen LogP contribution in [0, 0.1) is 0 Å². The van der Waals surface area contributed by atoms with Crippen LogP contribution >= 0.6 is 0 Å². The maximum absolute atomic E-state index is 12.8. The molecule has 0 aliphatic carbocycles. The molecular weight excluding hydrogens is 370 g/mol. The van der Waals surface area contributed by atoms with Gasteiger partial charge in [-0.1, -0.05) is 18.2 Å². The van der Waals surface area contributed by atoms with Gasteiger partial charge in [-0.2, -0.15) is 0 Å². The molecule has 0 spiro atoms. The second kappa shape index (κ2) is 9.96. The summed E-state index contributed by atoms with van der Waals surface area (Å²) in [6, 6.07) is 15.1. The number of benzene rings is 2. The molecule has 6 nitrogen and oxygen atoms in total. The van der Waals surface area contributed by atoms with Gasteiger partial charge in [0, 0.05) is 12.2 Å². The van der Waals surface area contributed by atoms with E-state index >= 15 is 0 Å². The minimum absolute atomic E-state index is 0.0709. The Morgan fingerprint density at radius 1 is 1.03 bits per heavy atom. The van der Waals surface area contributed by atoms with E-state index in [2.05, 4.69) is 0 Å². The topological polar surface area (TPSA) is 65.1 Å². The smallest absolute Gasteiger partial charge is 0.310 e. The zero-order chi connectivity index (χ0) is 20.6. The largest absolute Gasteiger partial charge is 0.494 e. The molecule has 3 rings (SSSR count). The van der Waals surface area contributed by atoms with Crippen molar-refractivity contribution in [1.29, 1.82) is 0 Å². The van der Waals surface area contributed by atoms with E-state index in [4.69, 9.17) is 14.2 Å². The van der Waals surface area contributed by atoms with E-state index in [-0.39, 0.29) is 18.9 Å². The van der Waals surface area contributed by atoms with E-state index in [0.29, 0.717) is 18.9 Å². The molecule has 0 saturated heterocycles. The molecule has 1 aliphatic heterocycles. The number of esters is 1. The molecule has 29 heavy (non-hydrogen) atoms. The van der Waals surface area contributed by atoms with Crippen molar-refractivity contribution < 1.29 is 23.8 Å². The zero-order valence-electron chi connectivity index (χ0n) is 16.9. The first-order valence-corrected chi connectivity index (χ1v) is 10.0. The van der Waals surface area contributed by atoms with Gasteiger partial charge >= 0.3 is 5.97 Å². The Morgan fingerprint density at radius 2 is 1.72 bits per heavy atom. The molecule has 0 aromatic heterocycles. The first-order valence-electron chi connectivity index (χ1n) is 10.0. The average Bonchev–Trinajstić information content (AvgIpc) is 2.74. The number of carbonyl (C=O) groups is 2. The second-order valence-electron chi connectivity index (χ2n) is 6.86. The Labute approximate surface area is 171 Å². The van der Waals surface area contributed by atoms with Gasteiger partial charge in [0.15, 0.2) is 6.10 Å². The highest BCUT2D eigenvalue weighted by Gasteiger charge is 2.28. The maximum atomic E-state index is 12.8. The monoisotopic (exact) mass is 397 g/mol. The van der Waals surface area contributed by atoms with Crippen LogP contribution in [-0.4, -0.2) is 37.7 Å². The molecule has 1 atom stereocenters. The third-order valence-electron chi connectivity index (χ3n) is 4.74. The summed E-state index contributed by atoms with van der Waals surface area (Å²) in [7, 11) is 0. The molecule has 6 heteroatoms. The normalized spacial score (nSPS) is 13.9. The Balaban J connectivity index is 1.46. The van der Waals surface area contributed by atoms with Gasteiger partial charge in [-0.3, -0.25) is 9.59 Å². The summed E-state index contributed by atoms with van der Waals surface area (Å²) in [6.07, 6.45) is 1.09. The number of fused-ring (bicyclic) bond motifs is 1. The lowest BCUT2D eigenvalue weighted by Crippen LogP contribution is -2.42. The fourth-order valence-corrected chi connectivity index (χ4v) is 3.34. The number of anilines is 1. The summed E-state index contributed by atoms with van der Waals surface area (Å²) >= 11 is 0. The van der Waals surface area contributed by atoms with Gasteiger partial charge in [-0.15, -0.1) is 0 Å². The van der Waals surface area contributed by atoms with Gasteiger partial charge in [0.1, 0.15) is 11.5 Å². The highest BCUT2D eigenvalue weighted by Crippen LogP contribution is 2.27. The van der Waals surface area contributed by atoms with Crippen LogP contribution in [0.3, 0.4) is 0 Å². The molecule has 0 bridgehead atoms. The van der Waals surface area contributed by atoms with Crippen LogP contribution in [0.1, 0.15) is 32.3 Å². The molecule has 0 fully saturated rings. The van der Waals surface area contributed by atoms with Crippen molar-refractivity contribution in [1.82, 2.24) is 0 Å². The van der Waals surface area contributed by atoms with Crippen molar-refractivity contribution in [3.05, 3.63) is 54.1 Å². The van der Waals surface area contributed by atoms with Crippen LogP contribution in [0.5, 0.6) is 11.5 Å². The van der Waals surface area contributed by atoms with Crippen molar-refractivity contribution in [3.8, 4) is 11.5 Å². The molecular formula is C23H27NO5. The number of nitrogens with zero attached hydrogens (tertiary/aromatic N) is 1. The highest BCUT2D eigenvalue weighted by molar-refractivity contribution is 5.98. The Kier molecular flexibility index (Phi) is 7.11. The van der Waals surface area contributed by atoms with E-state index in [9.17, 15) is 9.59 Å². The fraction of sp³-hybridized carbons (Fsp3) is 0.391. The lowest BCUT2D eigenvalue weighted by Gasteiger charge is -2.31. The molecule has 154 valence electrons. The summed E-state index contributed by atoms with van der Waals surface area (Å²) in [4.78, 5) is 26.6. The number of hydrogen-bond donors (Lipinski definition) is 0. The summed E-state index contributed by atoms with van der Waals surface area (Å²) in [5, 5.41) is 0. The predicted molar refractivity (Wildman–Crippen MR) is 110 cm³/mol. The van der Waals surface area contributed by atoms with Crippen LogP contribution in [0.2, 0.25) is 0 Å². The summed E-state index contributed by atoms with van der Waals surface area (Å²) in [6.45, 7) is 4.96. The van der Waals surface area contributed by atoms with E-state index in [1.165, 1.54) is 0 Å². The number of rotatable bonds is 8. The minimum Gasteiger partial charge on any atom is -0.494 e. The molecule has 2 aromatic rings. The van der Waals surface area contributed by atoms with Crippen LogP contribution in [0.15, 0.2) is 48.5 Å². The molecule has 1 unspecified atom stereocenters. The summed E-state index contributed by atoms with van der Waals surface area (Å²) in [5.74, 6) is 0.765. The number of carbonyl (C=O) groups excluding carboxylic acids is 2. The number of hydrogen-bond acceptors (Lipinski definition) is 5. The standard InChI is InChI=1S/C23H27NO5/c1-3-27-19-10-12-20(13-11-19)28-16-14-22(25)29-17(2)23(26)24-15-6-8-18-7-4-5-9-21(18)24/h4-5,7,9-13,17H,3,6,8,14-16H2,1-2H3. The Hall–Kier alpha value is -3.02. The Morgan fingerprint density at radius 3 is 2.45 bits per heavy atom. The summed E-state index contributed by atoms with van der Waals surface area (Å²) < 4.78 is 16.3. The quantitative estimate of drug-likeness (QED) is 0.635. The molecule has 0 radical (unpaired) electrons. The lowest BCUT2D eigenvalue weighted by molar-refractivity contribution is -0.154. The summed E-state index contributed by atoms with van der Waals surface area (Å²) in [5.41, 5.74) is 2.06. The number of amides is 1. The molecule has 0 N–H and O–H groups in total. The minimum atomic E-state index is -0.834. The second-order valence-corrected chi connectivity index (χ2v) is 6.86. The molecule has 1 heterocycles. The van der Waals surface area contributed by atoms with Crippen LogP contribution in [0.25, 0.3) is 0 Å². The van der Waals surface area contributed by atoms with Crippen molar-refractivity contribution >= 4 is 17.6 Å². The van der Waals surface area contributed by atoms with E-state index in [1.807, 2.05) is 43.3 Å². The van der Waals surface area contributed by atoms with Gasteiger partial charge in [-0.25, -0.2) is 0 Å². The van der Waals surface area contributed by atoms with Gasteiger partial charge in [0.25, 0.3) is 5.91 Å². The van der Waals surface area contributed by atoms with Crippen molar-refractivity contribution in [2.45, 2.75) is 39.2 Å². The van der Waals surface area contributed by atoms with Crippen molar-refractivity contribution in [2.75, 3.05) is 24.7 Å². The molecule has 1 amide bonds. The molecule has 2 aromatic carbocycles. The predicted octanol–water partition coefficient (Wildman–Crippen LogP) is 3.77. The SMILES string of the molecule is CCOc1ccc(OCCC(=O)OC(C)C(=O)N2CCCc3ccccc32)cc1. The molecule has 0 saturated carbocycles. The number of ether oxygens (including phenoxy) is 3. The third kappa shape index (κ3) is 5.50. The fourth-order valence-electron chi connectivity index (χ4n) is 3.34. The number of para-hydroxylation sites is 1. The van der Waals surface area contributed by atoms with E-state index in [1.54, 1.807) is 24.0 Å². The van der Waals surface area contributed by atoms with Gasteiger partial charge in [-0.05, 0) is 62.6 Å². The van der Waals surface area contributed by atoms with Crippen LogP contribution in [-0.2, 0) is 20.7 Å². The van der Waals surface area contributed by atoms with Crippen molar-refractivity contribution in [3.63, 3.8) is 0 Å². The third-order valence-corrected chi connectivity index (χ3v) is 4.74. The van der Waals surface area contributed by atoms with Crippen molar-refractivity contribution in [2.24, 2.45) is 0 Å². The Bertz CT molecular complexity index is 833. The van der Waals surface area contributed by atoms with E-state index in [0.717, 1.165) is 29.8 Å². The van der Waals surface area contributed by atoms with Gasteiger partial charge in [0.05, 0.1) is 19.6 Å². The zero-order valence-corrected chi connectivity index (χ0v) is 16.9. The average molecular weight is 397 g/mol. The lowest BCUT2D eigenvalue weighted by atomic mass is 10.0. The van der Waals surface area contributed by atoms with Gasteiger partial charge < -0.3 is 19.1 Å². The number of aryl methyl sites for hydroxylation is 1. The maximum Gasteiger partial charge on any atom is 0.310 e. The first kappa shape index (κ1) is 20.7. The highest BCUT2D eigenvalue weighted by atomic mass is 16.6. The molecule has 1 aliphatic rings. The van der Waals surface area contributed by atoms with Crippen LogP contribution < -0.4 is 14.4 Å². The van der Waals surface area contributed by atoms with E-state index < -0.39 is 12.1 Å². The first-order chi connectivity index (χ1) is 14.1.